The van der Waals surface area contributed by atoms with E-state index in [0.717, 1.165) is 85.3 Å². The Morgan fingerprint density at radius 1 is 1.13 bits per heavy atom. The van der Waals surface area contributed by atoms with Gasteiger partial charge in [0.05, 0.1) is 16.4 Å². The number of hydrogen-bond acceptors (Lipinski definition) is 4. The predicted molar refractivity (Wildman–Crippen MR) is 124 cm³/mol. The fraction of sp³-hybridized carbons (Fsp3) is 0.417. The van der Waals surface area contributed by atoms with Crippen LogP contribution in [0.15, 0.2) is 36.4 Å². The van der Waals surface area contributed by atoms with E-state index in [1.807, 2.05) is 6.07 Å². The zero-order valence-electron chi connectivity index (χ0n) is 17.5. The van der Waals surface area contributed by atoms with Crippen molar-refractivity contribution in [1.82, 2.24) is 9.88 Å². The summed E-state index contributed by atoms with van der Waals surface area (Å²) in [4.78, 5) is 21.0. The van der Waals surface area contributed by atoms with Crippen LogP contribution in [0.3, 0.4) is 0 Å². The van der Waals surface area contributed by atoms with E-state index in [9.17, 15) is 4.79 Å². The number of amides is 1. The van der Waals surface area contributed by atoms with Gasteiger partial charge in [0.2, 0.25) is 5.91 Å². The number of nitrogens with one attached hydrogen (secondary N) is 1. The maximum atomic E-state index is 11.5. The number of piperazine rings is 1. The number of benzene rings is 1. The predicted octanol–water partition coefficient (Wildman–Crippen LogP) is 4.54. The number of fused-ring (bicyclic) bond motifs is 1. The van der Waals surface area contributed by atoms with E-state index in [1.165, 1.54) is 0 Å². The second-order valence-electron chi connectivity index (χ2n) is 8.07. The highest BCUT2D eigenvalue weighted by molar-refractivity contribution is 6.34. The Kier molecular flexibility index (Phi) is 6.70. The van der Waals surface area contributed by atoms with Gasteiger partial charge in [0.15, 0.2) is 0 Å². The van der Waals surface area contributed by atoms with Crippen molar-refractivity contribution in [3.63, 3.8) is 0 Å². The molecule has 0 radical (unpaired) electrons. The Hall–Kier alpha value is -2.37. The normalized spacial score (nSPS) is 17.3. The first kappa shape index (κ1) is 20.9. The molecule has 1 aromatic carbocycles. The number of carbonyl (C=O) groups is 1. The smallest absolute Gasteiger partial charge is 0.225 e. The SMILES string of the molecule is Cc1cccc(N2CCN(CCC/C=C/c3ccc4c(n3)NC(=O)CC4)CC2)c1Cl. The Morgan fingerprint density at radius 3 is 2.80 bits per heavy atom. The van der Waals surface area contributed by atoms with E-state index in [0.29, 0.717) is 6.42 Å². The number of carbonyl (C=O) groups excluding carboxylic acids is 1. The minimum Gasteiger partial charge on any atom is -0.368 e. The molecule has 0 spiro atoms. The van der Waals surface area contributed by atoms with Gasteiger partial charge in [-0.3, -0.25) is 9.69 Å². The number of allylic oxidation sites excluding steroid dienone is 1. The van der Waals surface area contributed by atoms with Gasteiger partial charge < -0.3 is 10.2 Å². The van der Waals surface area contributed by atoms with Crippen molar-refractivity contribution in [1.29, 1.82) is 0 Å². The van der Waals surface area contributed by atoms with Gasteiger partial charge in [-0.2, -0.15) is 0 Å². The van der Waals surface area contributed by atoms with Crippen molar-refractivity contribution in [2.75, 3.05) is 42.9 Å². The first-order valence-corrected chi connectivity index (χ1v) is 11.2. The van der Waals surface area contributed by atoms with Crippen LogP contribution in [0.1, 0.15) is 36.1 Å². The number of rotatable bonds is 6. The summed E-state index contributed by atoms with van der Waals surface area (Å²) in [5.41, 5.74) is 4.32. The third kappa shape index (κ3) is 5.02. The Balaban J connectivity index is 1.20. The van der Waals surface area contributed by atoms with Crippen LogP contribution in [-0.4, -0.2) is 48.5 Å². The molecule has 3 heterocycles. The molecule has 1 aromatic heterocycles. The molecule has 1 N–H and O–H groups in total. The first-order valence-electron chi connectivity index (χ1n) is 10.8. The van der Waals surface area contributed by atoms with E-state index in [-0.39, 0.29) is 5.91 Å². The Labute approximate surface area is 183 Å². The van der Waals surface area contributed by atoms with Gasteiger partial charge in [0, 0.05) is 32.6 Å². The summed E-state index contributed by atoms with van der Waals surface area (Å²) in [7, 11) is 0. The summed E-state index contributed by atoms with van der Waals surface area (Å²) < 4.78 is 0. The lowest BCUT2D eigenvalue weighted by molar-refractivity contribution is -0.116. The van der Waals surface area contributed by atoms with Gasteiger partial charge in [-0.05, 0) is 62.1 Å². The fourth-order valence-electron chi connectivity index (χ4n) is 4.07. The molecule has 30 heavy (non-hydrogen) atoms. The van der Waals surface area contributed by atoms with Crippen LogP contribution in [0, 0.1) is 6.92 Å². The molecule has 2 aliphatic heterocycles. The summed E-state index contributed by atoms with van der Waals surface area (Å²) >= 11 is 6.49. The fourth-order valence-corrected chi connectivity index (χ4v) is 4.32. The van der Waals surface area contributed by atoms with Crippen molar-refractivity contribution < 1.29 is 4.79 Å². The number of anilines is 2. The maximum absolute atomic E-state index is 11.5. The topological polar surface area (TPSA) is 48.5 Å². The quantitative estimate of drug-likeness (QED) is 0.691. The van der Waals surface area contributed by atoms with Gasteiger partial charge in [0.1, 0.15) is 5.82 Å². The van der Waals surface area contributed by atoms with Crippen molar-refractivity contribution >= 4 is 35.1 Å². The molecule has 1 saturated heterocycles. The molecular weight excluding hydrogens is 396 g/mol. The van der Waals surface area contributed by atoms with Crippen molar-refractivity contribution in [2.24, 2.45) is 0 Å². The van der Waals surface area contributed by atoms with Gasteiger partial charge in [-0.1, -0.05) is 35.9 Å². The average Bonchev–Trinajstić information content (AvgIpc) is 2.76. The second kappa shape index (κ2) is 9.63. The number of unbranched alkanes of at least 4 members (excludes halogenated alkanes) is 1. The molecule has 0 atom stereocenters. The van der Waals surface area contributed by atoms with Gasteiger partial charge in [0.25, 0.3) is 0 Å². The molecule has 0 bridgehead atoms. The second-order valence-corrected chi connectivity index (χ2v) is 8.45. The van der Waals surface area contributed by atoms with Crippen LogP contribution in [0.5, 0.6) is 0 Å². The molecule has 158 valence electrons. The summed E-state index contributed by atoms with van der Waals surface area (Å²) in [6.07, 6.45) is 7.72. The van der Waals surface area contributed by atoms with Crippen molar-refractivity contribution in [3.8, 4) is 0 Å². The number of nitrogens with zero attached hydrogens (tertiary/aromatic N) is 3. The highest BCUT2D eigenvalue weighted by Gasteiger charge is 2.19. The Morgan fingerprint density at radius 2 is 1.97 bits per heavy atom. The van der Waals surface area contributed by atoms with E-state index in [1.54, 1.807) is 0 Å². The van der Waals surface area contributed by atoms with Crippen LogP contribution in [0.25, 0.3) is 6.08 Å². The molecule has 4 rings (SSSR count). The maximum Gasteiger partial charge on any atom is 0.225 e. The van der Waals surface area contributed by atoms with Crippen LogP contribution in [0.2, 0.25) is 5.02 Å². The number of pyridine rings is 1. The van der Waals surface area contributed by atoms with Gasteiger partial charge in [-0.25, -0.2) is 4.98 Å². The molecule has 2 aliphatic rings. The molecule has 5 nitrogen and oxygen atoms in total. The summed E-state index contributed by atoms with van der Waals surface area (Å²) in [5, 5.41) is 3.74. The van der Waals surface area contributed by atoms with E-state index < -0.39 is 0 Å². The average molecular weight is 425 g/mol. The molecule has 0 aliphatic carbocycles. The lowest BCUT2D eigenvalue weighted by atomic mass is 10.1. The lowest BCUT2D eigenvalue weighted by Gasteiger charge is -2.36. The van der Waals surface area contributed by atoms with Gasteiger partial charge in [-0.15, -0.1) is 0 Å². The number of aromatic nitrogens is 1. The molecule has 6 heteroatoms. The standard InChI is InChI=1S/C24H29ClN4O/c1-18-6-5-8-21(23(18)25)29-16-14-28(15-17-29)13-4-2-3-7-20-11-9-19-10-12-22(30)27-24(19)26-20/h3,5-9,11H,2,4,10,12-17H2,1H3,(H,26,27,30)/b7-3+. The number of hydrogen-bond donors (Lipinski definition) is 1. The first-order chi connectivity index (χ1) is 14.6. The van der Waals surface area contributed by atoms with E-state index in [2.05, 4.69) is 63.4 Å². The minimum absolute atomic E-state index is 0.0564. The summed E-state index contributed by atoms with van der Waals surface area (Å²) in [6.45, 7) is 7.34. The largest absolute Gasteiger partial charge is 0.368 e. The zero-order valence-corrected chi connectivity index (χ0v) is 18.3. The molecule has 1 fully saturated rings. The third-order valence-electron chi connectivity index (χ3n) is 5.90. The zero-order chi connectivity index (χ0) is 20.9. The summed E-state index contributed by atoms with van der Waals surface area (Å²) in [6, 6.07) is 10.4. The minimum atomic E-state index is 0.0564. The van der Waals surface area contributed by atoms with Crippen molar-refractivity contribution in [2.45, 2.75) is 32.6 Å². The van der Waals surface area contributed by atoms with Crippen LogP contribution >= 0.6 is 11.6 Å². The lowest BCUT2D eigenvalue weighted by Crippen LogP contribution is -2.46. The molecule has 2 aromatic rings. The number of aryl methyl sites for hydroxylation is 2. The molecule has 0 saturated carbocycles. The molecular formula is C24H29ClN4O. The molecule has 1 amide bonds. The van der Waals surface area contributed by atoms with Crippen LogP contribution in [0.4, 0.5) is 11.5 Å². The summed E-state index contributed by atoms with van der Waals surface area (Å²) in [5.74, 6) is 0.779. The highest BCUT2D eigenvalue weighted by Crippen LogP contribution is 2.29. The Bertz CT molecular complexity index is 935. The van der Waals surface area contributed by atoms with Crippen LogP contribution in [-0.2, 0) is 11.2 Å². The monoisotopic (exact) mass is 424 g/mol. The van der Waals surface area contributed by atoms with Crippen LogP contribution < -0.4 is 10.2 Å². The van der Waals surface area contributed by atoms with E-state index in [4.69, 9.17) is 11.6 Å². The van der Waals surface area contributed by atoms with E-state index >= 15 is 0 Å². The number of halogens is 1. The van der Waals surface area contributed by atoms with Gasteiger partial charge >= 0.3 is 0 Å². The third-order valence-corrected chi connectivity index (χ3v) is 6.39. The van der Waals surface area contributed by atoms with Crippen molar-refractivity contribution in [3.05, 3.63) is 58.3 Å². The highest BCUT2D eigenvalue weighted by atomic mass is 35.5. The molecule has 0 unspecified atom stereocenters.